The first kappa shape index (κ1) is 13.3. The van der Waals surface area contributed by atoms with Crippen molar-refractivity contribution in [2.24, 2.45) is 0 Å². The lowest BCUT2D eigenvalue weighted by Gasteiger charge is -2.14. The third-order valence-electron chi connectivity index (χ3n) is 3.47. The van der Waals surface area contributed by atoms with E-state index in [1.54, 1.807) is 0 Å². The molecule has 0 bridgehead atoms. The lowest BCUT2D eigenvalue weighted by atomic mass is 9.99. The Morgan fingerprint density at radius 1 is 0.938 bits per heavy atom. The van der Waals surface area contributed by atoms with Crippen molar-refractivity contribution >= 4 is 5.71 Å². The summed E-state index contributed by atoms with van der Waals surface area (Å²) < 4.78 is 0. The minimum absolute atomic E-state index is 0.753. The van der Waals surface area contributed by atoms with Crippen LogP contribution in [0.2, 0.25) is 0 Å². The van der Waals surface area contributed by atoms with Gasteiger partial charge in [-0.2, -0.15) is 0 Å². The second kappa shape index (κ2) is 7.48. The molecule has 0 aromatic rings. The normalized spacial score (nSPS) is 24.6. The molecule has 2 nitrogen and oxygen atoms in total. The first-order valence-corrected chi connectivity index (χ1v) is 6.71. The molecule has 1 rings (SSSR count). The zero-order valence-electron chi connectivity index (χ0n) is 10.9. The van der Waals surface area contributed by atoms with Crippen LogP contribution in [0.15, 0.2) is 11.3 Å². The molecule has 0 atom stereocenters. The lowest BCUT2D eigenvalue weighted by Crippen LogP contribution is -2.13. The van der Waals surface area contributed by atoms with Gasteiger partial charge in [0.05, 0.1) is 0 Å². The van der Waals surface area contributed by atoms with E-state index < -0.39 is 0 Å². The highest BCUT2D eigenvalue weighted by atomic mass is 14.8. The predicted octanol–water partition coefficient (Wildman–Crippen LogP) is 4.02. The fourth-order valence-corrected chi connectivity index (χ4v) is 2.48. The highest BCUT2D eigenvalue weighted by molar-refractivity contribution is 5.96. The monoisotopic (exact) mass is 222 g/mol. The van der Waals surface area contributed by atoms with Gasteiger partial charge < -0.3 is 10.7 Å². The molecule has 0 aliphatic heterocycles. The van der Waals surface area contributed by atoms with Crippen LogP contribution in [0, 0.1) is 5.41 Å². The first-order valence-electron chi connectivity index (χ1n) is 6.71. The van der Waals surface area contributed by atoms with Crippen molar-refractivity contribution in [2.45, 2.75) is 64.7 Å². The summed E-state index contributed by atoms with van der Waals surface area (Å²) in [6.45, 7) is 1.92. The maximum Gasteiger partial charge on any atom is 0.0332 e. The molecule has 0 saturated heterocycles. The maximum absolute atomic E-state index is 7.87. The van der Waals surface area contributed by atoms with Crippen LogP contribution in [-0.2, 0) is 0 Å². The molecule has 0 heterocycles. The van der Waals surface area contributed by atoms with Crippen molar-refractivity contribution in [1.82, 2.24) is 5.32 Å². The number of hydrogen-bond acceptors (Lipinski definition) is 2. The molecule has 0 aromatic carbocycles. The summed E-state index contributed by atoms with van der Waals surface area (Å²) in [4.78, 5) is 0. The molecule has 0 amide bonds. The van der Waals surface area contributed by atoms with Crippen molar-refractivity contribution < 1.29 is 0 Å². The quantitative estimate of drug-likeness (QED) is 0.680. The van der Waals surface area contributed by atoms with E-state index in [-0.39, 0.29) is 0 Å². The zero-order valence-corrected chi connectivity index (χ0v) is 10.9. The molecule has 0 spiro atoms. The zero-order chi connectivity index (χ0) is 11.8. The van der Waals surface area contributed by atoms with Crippen LogP contribution in [0.5, 0.6) is 0 Å². The third kappa shape index (κ3) is 4.38. The highest BCUT2D eigenvalue weighted by Crippen LogP contribution is 2.21. The number of nitrogens with one attached hydrogen (secondary N) is 2. The van der Waals surface area contributed by atoms with E-state index >= 15 is 0 Å². The topological polar surface area (TPSA) is 35.9 Å². The van der Waals surface area contributed by atoms with E-state index in [9.17, 15) is 0 Å². The van der Waals surface area contributed by atoms with Crippen LogP contribution in [-0.4, -0.2) is 12.8 Å². The molecule has 0 aromatic heterocycles. The fourth-order valence-electron chi connectivity index (χ4n) is 2.48. The van der Waals surface area contributed by atoms with Gasteiger partial charge in [0.15, 0.2) is 0 Å². The molecule has 92 valence electrons. The summed E-state index contributed by atoms with van der Waals surface area (Å²) >= 11 is 0. The Bertz CT molecular complexity index is 253. The summed E-state index contributed by atoms with van der Waals surface area (Å²) in [5.74, 6) is 0. The Morgan fingerprint density at radius 2 is 1.44 bits per heavy atom. The van der Waals surface area contributed by atoms with E-state index in [0.29, 0.717) is 0 Å². The van der Waals surface area contributed by atoms with Crippen LogP contribution >= 0.6 is 0 Å². The molecule has 0 saturated carbocycles. The predicted molar refractivity (Wildman–Crippen MR) is 71.0 cm³/mol. The molecule has 16 heavy (non-hydrogen) atoms. The molecule has 0 fully saturated rings. The standard InChI is InChI=1S/C14H26N2/c1-12(15)13-10-8-6-4-3-5-7-9-11-14(13)16-2/h15-16H,3-11H2,1-2H3/b14-13-,15-12?. The highest BCUT2D eigenvalue weighted by Gasteiger charge is 2.09. The van der Waals surface area contributed by atoms with Crippen LogP contribution in [0.4, 0.5) is 0 Å². The van der Waals surface area contributed by atoms with Gasteiger partial charge in [-0.05, 0) is 38.2 Å². The number of allylic oxidation sites excluding steroid dienone is 2. The Hall–Kier alpha value is -0.790. The Labute approximate surface area is 100 Å². The fraction of sp³-hybridized carbons (Fsp3) is 0.786. The molecule has 2 heteroatoms. The molecule has 0 radical (unpaired) electrons. The van der Waals surface area contributed by atoms with E-state index in [1.165, 1.54) is 56.2 Å². The van der Waals surface area contributed by atoms with Crippen LogP contribution in [0.1, 0.15) is 64.7 Å². The van der Waals surface area contributed by atoms with Crippen molar-refractivity contribution in [3.63, 3.8) is 0 Å². The van der Waals surface area contributed by atoms with Gasteiger partial charge in [-0.25, -0.2) is 0 Å². The van der Waals surface area contributed by atoms with Crippen molar-refractivity contribution in [3.8, 4) is 0 Å². The first-order chi connectivity index (χ1) is 7.75. The second-order valence-corrected chi connectivity index (χ2v) is 4.81. The van der Waals surface area contributed by atoms with E-state index in [2.05, 4.69) is 5.32 Å². The average Bonchev–Trinajstić information content (AvgIpc) is 2.31. The van der Waals surface area contributed by atoms with Crippen molar-refractivity contribution in [3.05, 3.63) is 11.3 Å². The molecular weight excluding hydrogens is 196 g/mol. The van der Waals surface area contributed by atoms with Gasteiger partial charge in [-0.1, -0.05) is 32.1 Å². The second-order valence-electron chi connectivity index (χ2n) is 4.81. The Balaban J connectivity index is 2.71. The van der Waals surface area contributed by atoms with E-state index in [4.69, 9.17) is 5.41 Å². The minimum atomic E-state index is 0.753. The Morgan fingerprint density at radius 3 is 1.94 bits per heavy atom. The number of hydrogen-bond donors (Lipinski definition) is 2. The molecule has 1 aliphatic carbocycles. The van der Waals surface area contributed by atoms with Gasteiger partial charge in [-0.15, -0.1) is 0 Å². The summed E-state index contributed by atoms with van der Waals surface area (Å²) in [5.41, 5.74) is 3.34. The van der Waals surface area contributed by atoms with Gasteiger partial charge in [0.25, 0.3) is 0 Å². The number of rotatable bonds is 2. The van der Waals surface area contributed by atoms with Crippen LogP contribution < -0.4 is 5.32 Å². The van der Waals surface area contributed by atoms with E-state index in [0.717, 1.165) is 18.6 Å². The van der Waals surface area contributed by atoms with Crippen LogP contribution in [0.3, 0.4) is 0 Å². The van der Waals surface area contributed by atoms with Crippen LogP contribution in [0.25, 0.3) is 0 Å². The SMILES string of the molecule is CN/C1=C(\C(C)=N)CCCCCCCCC1. The van der Waals surface area contributed by atoms with Crippen molar-refractivity contribution in [1.29, 1.82) is 5.41 Å². The molecule has 1 aliphatic rings. The van der Waals surface area contributed by atoms with Gasteiger partial charge in [-0.3, -0.25) is 0 Å². The Kier molecular flexibility index (Phi) is 6.20. The average molecular weight is 222 g/mol. The minimum Gasteiger partial charge on any atom is -0.391 e. The van der Waals surface area contributed by atoms with Gasteiger partial charge in [0.2, 0.25) is 0 Å². The van der Waals surface area contributed by atoms with Crippen molar-refractivity contribution in [2.75, 3.05) is 7.05 Å². The summed E-state index contributed by atoms with van der Waals surface area (Å²) in [6, 6.07) is 0. The lowest BCUT2D eigenvalue weighted by molar-refractivity contribution is 0.585. The third-order valence-corrected chi connectivity index (χ3v) is 3.47. The largest absolute Gasteiger partial charge is 0.391 e. The van der Waals surface area contributed by atoms with E-state index in [1.807, 2.05) is 14.0 Å². The van der Waals surface area contributed by atoms with Gasteiger partial charge in [0, 0.05) is 18.5 Å². The maximum atomic E-state index is 7.87. The summed E-state index contributed by atoms with van der Waals surface area (Å²) in [5, 5.41) is 11.2. The van der Waals surface area contributed by atoms with Gasteiger partial charge in [0.1, 0.15) is 0 Å². The van der Waals surface area contributed by atoms with Gasteiger partial charge >= 0.3 is 0 Å². The molecular formula is C14H26N2. The summed E-state index contributed by atoms with van der Waals surface area (Å²) in [7, 11) is 2.00. The molecule has 2 N–H and O–H groups in total. The smallest absolute Gasteiger partial charge is 0.0332 e. The summed E-state index contributed by atoms with van der Waals surface area (Å²) in [6.07, 6.45) is 11.6. The molecule has 0 unspecified atom stereocenters.